The lowest BCUT2D eigenvalue weighted by Gasteiger charge is -2.29. The Morgan fingerprint density at radius 2 is 2.10 bits per heavy atom. The van der Waals surface area contributed by atoms with Crippen LogP contribution in [0.3, 0.4) is 0 Å². The molecule has 0 saturated carbocycles. The van der Waals surface area contributed by atoms with Gasteiger partial charge in [0.2, 0.25) is 10.0 Å². The Bertz CT molecular complexity index is 588. The van der Waals surface area contributed by atoms with Gasteiger partial charge in [0, 0.05) is 35.8 Å². The van der Waals surface area contributed by atoms with E-state index < -0.39 is 10.0 Å². The summed E-state index contributed by atoms with van der Waals surface area (Å²) in [6.07, 6.45) is 0. The maximum atomic E-state index is 12.4. The number of morpholine rings is 1. The monoisotopic (exact) mass is 377 g/mol. The molecule has 6 nitrogen and oxygen atoms in total. The van der Waals surface area contributed by atoms with E-state index in [4.69, 9.17) is 10.5 Å². The number of halogens is 1. The first-order valence-electron chi connectivity index (χ1n) is 6.76. The highest BCUT2D eigenvalue weighted by atomic mass is 79.9. The Balaban J connectivity index is 2.04. The topological polar surface area (TPSA) is 84.7 Å². The van der Waals surface area contributed by atoms with Crippen molar-refractivity contribution in [3.8, 4) is 0 Å². The summed E-state index contributed by atoms with van der Waals surface area (Å²) in [7, 11) is -3.60. The molecule has 21 heavy (non-hydrogen) atoms. The first kappa shape index (κ1) is 16.7. The SMILES string of the molecule is CC(CN1CCOCC1)NS(=O)(=O)c1cc(N)ccc1Br. The molecule has 0 aliphatic carbocycles. The number of nitrogens with two attached hydrogens (primary N) is 1. The molecular formula is C13H20BrN3O3S. The van der Waals surface area contributed by atoms with Gasteiger partial charge in [-0.1, -0.05) is 0 Å². The van der Waals surface area contributed by atoms with Gasteiger partial charge in [0.1, 0.15) is 0 Å². The molecule has 1 atom stereocenters. The molecule has 1 heterocycles. The second-order valence-corrected chi connectivity index (χ2v) is 7.66. The molecule has 1 saturated heterocycles. The Labute approximate surface area is 133 Å². The van der Waals surface area contributed by atoms with Crippen LogP contribution in [0.5, 0.6) is 0 Å². The van der Waals surface area contributed by atoms with E-state index in [0.717, 1.165) is 13.1 Å². The van der Waals surface area contributed by atoms with Crippen molar-refractivity contribution in [2.45, 2.75) is 17.9 Å². The third-order valence-corrected chi connectivity index (χ3v) is 5.82. The summed E-state index contributed by atoms with van der Waals surface area (Å²) in [5.74, 6) is 0. The predicted octanol–water partition coefficient (Wildman–Crippen LogP) is 1.03. The number of anilines is 1. The molecule has 2 rings (SSSR count). The molecule has 1 fully saturated rings. The van der Waals surface area contributed by atoms with Crippen LogP contribution in [0, 0.1) is 0 Å². The van der Waals surface area contributed by atoms with E-state index in [0.29, 0.717) is 29.9 Å². The molecule has 3 N–H and O–H groups in total. The minimum Gasteiger partial charge on any atom is -0.399 e. The average molecular weight is 378 g/mol. The van der Waals surface area contributed by atoms with Gasteiger partial charge < -0.3 is 10.5 Å². The van der Waals surface area contributed by atoms with Crippen molar-refractivity contribution in [1.29, 1.82) is 0 Å². The fourth-order valence-corrected chi connectivity index (χ4v) is 4.50. The van der Waals surface area contributed by atoms with Crippen LogP contribution in [0.25, 0.3) is 0 Å². The zero-order chi connectivity index (χ0) is 15.5. The van der Waals surface area contributed by atoms with E-state index in [1.165, 1.54) is 6.07 Å². The second kappa shape index (κ2) is 7.06. The summed E-state index contributed by atoms with van der Waals surface area (Å²) in [4.78, 5) is 2.35. The fourth-order valence-electron chi connectivity index (χ4n) is 2.26. The van der Waals surface area contributed by atoms with E-state index in [2.05, 4.69) is 25.6 Å². The van der Waals surface area contributed by atoms with Crippen molar-refractivity contribution in [2.24, 2.45) is 0 Å². The van der Waals surface area contributed by atoms with Crippen LogP contribution in [0.4, 0.5) is 5.69 Å². The van der Waals surface area contributed by atoms with Gasteiger partial charge in [-0.2, -0.15) is 0 Å². The third kappa shape index (κ3) is 4.65. The molecule has 1 aliphatic rings. The summed E-state index contributed by atoms with van der Waals surface area (Å²) in [6.45, 7) is 5.55. The van der Waals surface area contributed by atoms with Crippen LogP contribution in [0.1, 0.15) is 6.92 Å². The lowest BCUT2D eigenvalue weighted by molar-refractivity contribution is 0.0354. The zero-order valence-corrected chi connectivity index (χ0v) is 14.3. The maximum Gasteiger partial charge on any atom is 0.242 e. The first-order valence-corrected chi connectivity index (χ1v) is 9.03. The average Bonchev–Trinajstić information content (AvgIpc) is 2.41. The summed E-state index contributed by atoms with van der Waals surface area (Å²) in [5, 5.41) is 0. The molecule has 0 radical (unpaired) electrons. The summed E-state index contributed by atoms with van der Waals surface area (Å²) in [6, 6.07) is 4.55. The van der Waals surface area contributed by atoms with Crippen LogP contribution in [0.2, 0.25) is 0 Å². The molecular weight excluding hydrogens is 358 g/mol. The minimum atomic E-state index is -3.60. The minimum absolute atomic E-state index is 0.163. The Hall–Kier alpha value is -0.670. The number of sulfonamides is 1. The molecule has 0 amide bonds. The van der Waals surface area contributed by atoms with E-state index in [9.17, 15) is 8.42 Å². The smallest absolute Gasteiger partial charge is 0.242 e. The van der Waals surface area contributed by atoms with Crippen molar-refractivity contribution in [3.05, 3.63) is 22.7 Å². The number of nitrogens with one attached hydrogen (secondary N) is 1. The first-order chi connectivity index (χ1) is 9.88. The molecule has 0 spiro atoms. The molecule has 1 aromatic rings. The summed E-state index contributed by atoms with van der Waals surface area (Å²) < 4.78 is 33.3. The van der Waals surface area contributed by atoms with Crippen LogP contribution in [-0.4, -0.2) is 52.2 Å². The quantitative estimate of drug-likeness (QED) is 0.748. The van der Waals surface area contributed by atoms with Crippen molar-refractivity contribution in [3.63, 3.8) is 0 Å². The van der Waals surface area contributed by atoms with Gasteiger partial charge in [-0.3, -0.25) is 4.90 Å². The van der Waals surface area contributed by atoms with Crippen molar-refractivity contribution >= 4 is 31.6 Å². The maximum absolute atomic E-state index is 12.4. The molecule has 1 aliphatic heterocycles. The highest BCUT2D eigenvalue weighted by Crippen LogP contribution is 2.24. The lowest BCUT2D eigenvalue weighted by Crippen LogP contribution is -2.46. The molecule has 0 bridgehead atoms. The van der Waals surface area contributed by atoms with Crippen molar-refractivity contribution in [1.82, 2.24) is 9.62 Å². The number of benzene rings is 1. The summed E-state index contributed by atoms with van der Waals surface area (Å²) in [5.41, 5.74) is 6.09. The van der Waals surface area contributed by atoms with E-state index in [-0.39, 0.29) is 10.9 Å². The molecule has 8 heteroatoms. The van der Waals surface area contributed by atoms with Crippen LogP contribution in [0.15, 0.2) is 27.6 Å². The third-order valence-electron chi connectivity index (χ3n) is 3.24. The van der Waals surface area contributed by atoms with Crippen molar-refractivity contribution < 1.29 is 13.2 Å². The number of ether oxygens (including phenoxy) is 1. The fraction of sp³-hybridized carbons (Fsp3) is 0.538. The largest absolute Gasteiger partial charge is 0.399 e. The Morgan fingerprint density at radius 3 is 2.76 bits per heavy atom. The van der Waals surface area contributed by atoms with Gasteiger partial charge >= 0.3 is 0 Å². The Morgan fingerprint density at radius 1 is 1.43 bits per heavy atom. The number of hydrogen-bond acceptors (Lipinski definition) is 5. The predicted molar refractivity (Wildman–Crippen MR) is 85.6 cm³/mol. The number of nitrogen functional groups attached to an aromatic ring is 1. The van der Waals surface area contributed by atoms with Gasteiger partial charge in [0.15, 0.2) is 0 Å². The highest BCUT2D eigenvalue weighted by Gasteiger charge is 2.22. The van der Waals surface area contributed by atoms with Crippen molar-refractivity contribution in [2.75, 3.05) is 38.6 Å². The van der Waals surface area contributed by atoms with Crippen LogP contribution >= 0.6 is 15.9 Å². The van der Waals surface area contributed by atoms with Gasteiger partial charge in [-0.15, -0.1) is 0 Å². The van der Waals surface area contributed by atoms with Gasteiger partial charge in [-0.05, 0) is 41.1 Å². The standard InChI is InChI=1S/C13H20BrN3O3S/c1-10(9-17-4-6-20-7-5-17)16-21(18,19)13-8-11(15)2-3-12(13)14/h2-3,8,10,16H,4-7,9,15H2,1H3. The highest BCUT2D eigenvalue weighted by molar-refractivity contribution is 9.10. The van der Waals surface area contributed by atoms with E-state index >= 15 is 0 Å². The molecule has 1 aromatic carbocycles. The van der Waals surface area contributed by atoms with Gasteiger partial charge in [0.25, 0.3) is 0 Å². The van der Waals surface area contributed by atoms with Crippen LogP contribution < -0.4 is 10.5 Å². The van der Waals surface area contributed by atoms with E-state index in [1.54, 1.807) is 12.1 Å². The van der Waals surface area contributed by atoms with Gasteiger partial charge in [0.05, 0.1) is 18.1 Å². The molecule has 118 valence electrons. The zero-order valence-electron chi connectivity index (χ0n) is 11.9. The number of hydrogen-bond donors (Lipinski definition) is 2. The molecule has 0 aromatic heterocycles. The molecule has 1 unspecified atom stereocenters. The van der Waals surface area contributed by atoms with Crippen LogP contribution in [-0.2, 0) is 14.8 Å². The second-order valence-electron chi connectivity index (χ2n) is 5.13. The lowest BCUT2D eigenvalue weighted by atomic mass is 10.3. The van der Waals surface area contributed by atoms with E-state index in [1.807, 2.05) is 6.92 Å². The normalized spacial score (nSPS) is 18.6. The van der Waals surface area contributed by atoms with Gasteiger partial charge in [-0.25, -0.2) is 13.1 Å². The number of rotatable bonds is 5. The summed E-state index contributed by atoms with van der Waals surface area (Å²) >= 11 is 3.25. The number of nitrogens with zero attached hydrogens (tertiary/aromatic N) is 1. The Kier molecular flexibility index (Phi) is 5.61.